The Labute approximate surface area is 125 Å². The molecule has 0 aliphatic heterocycles. The van der Waals surface area contributed by atoms with Crippen LogP contribution in [0.15, 0.2) is 18.2 Å². The van der Waals surface area contributed by atoms with E-state index in [4.69, 9.17) is 9.47 Å². The summed E-state index contributed by atoms with van der Waals surface area (Å²) in [6, 6.07) is 6.42. The SMILES string of the molecule is COC(=O)C1(NC2CCCC2)CCc2ccc(OC)cc21. The molecule has 1 aromatic carbocycles. The van der Waals surface area contributed by atoms with Crippen LogP contribution in [0.2, 0.25) is 0 Å². The van der Waals surface area contributed by atoms with E-state index >= 15 is 0 Å². The number of methoxy groups -OCH3 is 2. The molecule has 0 heterocycles. The summed E-state index contributed by atoms with van der Waals surface area (Å²) >= 11 is 0. The standard InChI is InChI=1S/C17H23NO3/c1-20-14-8-7-12-9-10-17(15(12)11-14,16(19)21-2)18-13-5-3-4-6-13/h7-8,11,13,18H,3-6,9-10H2,1-2H3. The predicted molar refractivity (Wildman–Crippen MR) is 80.4 cm³/mol. The van der Waals surface area contributed by atoms with Crippen molar-refractivity contribution in [1.82, 2.24) is 5.32 Å². The molecule has 1 saturated carbocycles. The summed E-state index contributed by atoms with van der Waals surface area (Å²) in [6.07, 6.45) is 6.41. The molecule has 0 amide bonds. The van der Waals surface area contributed by atoms with Crippen LogP contribution in [0.25, 0.3) is 0 Å². The van der Waals surface area contributed by atoms with Gasteiger partial charge in [0.15, 0.2) is 0 Å². The number of benzene rings is 1. The Bertz CT molecular complexity index is 537. The summed E-state index contributed by atoms with van der Waals surface area (Å²) in [6.45, 7) is 0. The zero-order valence-electron chi connectivity index (χ0n) is 12.8. The molecule has 0 aromatic heterocycles. The average Bonchev–Trinajstić information content (AvgIpc) is 3.15. The molecule has 4 nitrogen and oxygen atoms in total. The van der Waals surface area contributed by atoms with Crippen LogP contribution < -0.4 is 10.1 Å². The highest BCUT2D eigenvalue weighted by Gasteiger charge is 2.48. The van der Waals surface area contributed by atoms with Crippen molar-refractivity contribution in [2.75, 3.05) is 14.2 Å². The van der Waals surface area contributed by atoms with Crippen molar-refractivity contribution in [3.63, 3.8) is 0 Å². The van der Waals surface area contributed by atoms with Gasteiger partial charge in [0, 0.05) is 6.04 Å². The van der Waals surface area contributed by atoms with Crippen molar-refractivity contribution in [2.24, 2.45) is 0 Å². The number of nitrogens with one attached hydrogen (secondary N) is 1. The van der Waals surface area contributed by atoms with Gasteiger partial charge in [-0.25, -0.2) is 4.79 Å². The van der Waals surface area contributed by atoms with Crippen molar-refractivity contribution in [2.45, 2.75) is 50.1 Å². The molecule has 1 atom stereocenters. The number of ether oxygens (including phenoxy) is 2. The summed E-state index contributed by atoms with van der Waals surface area (Å²) < 4.78 is 10.5. The van der Waals surface area contributed by atoms with Gasteiger partial charge in [-0.05, 0) is 48.9 Å². The normalized spacial score (nSPS) is 24.9. The van der Waals surface area contributed by atoms with Gasteiger partial charge >= 0.3 is 5.97 Å². The third-order valence-corrected chi connectivity index (χ3v) is 4.89. The van der Waals surface area contributed by atoms with Crippen LogP contribution in [0.4, 0.5) is 0 Å². The highest BCUT2D eigenvalue weighted by Crippen LogP contribution is 2.41. The fraction of sp³-hybridized carbons (Fsp3) is 0.588. The van der Waals surface area contributed by atoms with Crippen molar-refractivity contribution < 1.29 is 14.3 Å². The summed E-state index contributed by atoms with van der Waals surface area (Å²) in [7, 11) is 3.12. The molecule has 2 aliphatic carbocycles. The number of fused-ring (bicyclic) bond motifs is 1. The Hall–Kier alpha value is -1.55. The van der Waals surface area contributed by atoms with Crippen LogP contribution >= 0.6 is 0 Å². The number of aryl methyl sites for hydroxylation is 1. The number of carbonyl (C=O) groups excluding carboxylic acids is 1. The number of carbonyl (C=O) groups is 1. The first-order chi connectivity index (χ1) is 10.2. The van der Waals surface area contributed by atoms with Crippen molar-refractivity contribution in [3.8, 4) is 5.75 Å². The molecular formula is C17H23NO3. The van der Waals surface area contributed by atoms with Crippen molar-refractivity contribution in [3.05, 3.63) is 29.3 Å². The average molecular weight is 289 g/mol. The highest BCUT2D eigenvalue weighted by atomic mass is 16.5. The lowest BCUT2D eigenvalue weighted by atomic mass is 9.90. The Kier molecular flexibility index (Phi) is 3.89. The Balaban J connectivity index is 2.00. The fourth-order valence-electron chi connectivity index (χ4n) is 3.77. The lowest BCUT2D eigenvalue weighted by molar-refractivity contribution is -0.149. The zero-order valence-corrected chi connectivity index (χ0v) is 12.8. The molecule has 1 N–H and O–H groups in total. The second-order valence-electron chi connectivity index (χ2n) is 6.05. The smallest absolute Gasteiger partial charge is 0.330 e. The van der Waals surface area contributed by atoms with Crippen LogP contribution in [-0.2, 0) is 21.5 Å². The molecule has 0 spiro atoms. The molecule has 0 saturated heterocycles. The lowest BCUT2D eigenvalue weighted by Crippen LogP contribution is -2.52. The van der Waals surface area contributed by atoms with E-state index in [1.807, 2.05) is 12.1 Å². The second kappa shape index (κ2) is 5.68. The minimum atomic E-state index is -0.701. The molecular weight excluding hydrogens is 266 g/mol. The number of hydrogen-bond acceptors (Lipinski definition) is 4. The summed E-state index contributed by atoms with van der Waals surface area (Å²) in [5.41, 5.74) is 1.54. The van der Waals surface area contributed by atoms with E-state index in [0.717, 1.165) is 37.0 Å². The summed E-state index contributed by atoms with van der Waals surface area (Å²) in [4.78, 5) is 12.6. The van der Waals surface area contributed by atoms with Gasteiger partial charge in [-0.15, -0.1) is 0 Å². The van der Waals surface area contributed by atoms with Gasteiger partial charge in [0.2, 0.25) is 0 Å². The van der Waals surface area contributed by atoms with Gasteiger partial charge in [-0.3, -0.25) is 5.32 Å². The number of hydrogen-bond donors (Lipinski definition) is 1. The highest BCUT2D eigenvalue weighted by molar-refractivity contribution is 5.84. The van der Waals surface area contributed by atoms with E-state index in [9.17, 15) is 4.79 Å². The van der Waals surface area contributed by atoms with Gasteiger partial charge in [0.25, 0.3) is 0 Å². The van der Waals surface area contributed by atoms with Crippen LogP contribution in [-0.4, -0.2) is 26.2 Å². The maximum Gasteiger partial charge on any atom is 0.330 e. The molecule has 114 valence electrons. The molecule has 1 fully saturated rings. The van der Waals surface area contributed by atoms with Gasteiger partial charge < -0.3 is 9.47 Å². The first kappa shape index (κ1) is 14.4. The van der Waals surface area contributed by atoms with E-state index in [-0.39, 0.29) is 5.97 Å². The van der Waals surface area contributed by atoms with Crippen molar-refractivity contribution in [1.29, 1.82) is 0 Å². The van der Waals surface area contributed by atoms with E-state index in [1.54, 1.807) is 7.11 Å². The lowest BCUT2D eigenvalue weighted by Gasteiger charge is -2.32. The minimum Gasteiger partial charge on any atom is -0.497 e. The molecule has 0 bridgehead atoms. The maximum absolute atomic E-state index is 12.6. The van der Waals surface area contributed by atoms with Crippen molar-refractivity contribution >= 4 is 5.97 Å². The topological polar surface area (TPSA) is 47.6 Å². The van der Waals surface area contributed by atoms with Gasteiger partial charge in [0.05, 0.1) is 14.2 Å². The number of esters is 1. The Morgan fingerprint density at radius 2 is 2.05 bits per heavy atom. The quantitative estimate of drug-likeness (QED) is 0.865. The largest absolute Gasteiger partial charge is 0.497 e. The van der Waals surface area contributed by atoms with Crippen LogP contribution in [0.1, 0.15) is 43.2 Å². The monoisotopic (exact) mass is 289 g/mol. The van der Waals surface area contributed by atoms with Gasteiger partial charge in [-0.2, -0.15) is 0 Å². The molecule has 2 aliphatic rings. The fourth-order valence-corrected chi connectivity index (χ4v) is 3.77. The van der Waals surface area contributed by atoms with Crippen LogP contribution in [0.5, 0.6) is 5.75 Å². The minimum absolute atomic E-state index is 0.179. The Morgan fingerprint density at radius 3 is 2.71 bits per heavy atom. The first-order valence-electron chi connectivity index (χ1n) is 7.73. The molecule has 1 unspecified atom stereocenters. The van der Waals surface area contributed by atoms with E-state index < -0.39 is 5.54 Å². The molecule has 1 aromatic rings. The first-order valence-corrected chi connectivity index (χ1v) is 7.73. The summed E-state index contributed by atoms with van der Waals surface area (Å²) in [5, 5.41) is 3.62. The van der Waals surface area contributed by atoms with Gasteiger partial charge in [0.1, 0.15) is 11.3 Å². The van der Waals surface area contributed by atoms with Crippen LogP contribution in [0, 0.1) is 0 Å². The summed E-state index contributed by atoms with van der Waals surface area (Å²) in [5.74, 6) is 0.610. The molecule has 4 heteroatoms. The number of rotatable bonds is 4. The Morgan fingerprint density at radius 1 is 1.29 bits per heavy atom. The van der Waals surface area contributed by atoms with Gasteiger partial charge in [-0.1, -0.05) is 18.9 Å². The third-order valence-electron chi connectivity index (χ3n) is 4.89. The zero-order chi connectivity index (χ0) is 14.9. The molecule has 21 heavy (non-hydrogen) atoms. The molecule has 3 rings (SSSR count). The maximum atomic E-state index is 12.6. The van der Waals surface area contributed by atoms with E-state index in [2.05, 4.69) is 11.4 Å². The van der Waals surface area contributed by atoms with E-state index in [1.165, 1.54) is 25.5 Å². The third kappa shape index (κ3) is 2.42. The molecule has 0 radical (unpaired) electrons. The van der Waals surface area contributed by atoms with E-state index in [0.29, 0.717) is 6.04 Å². The van der Waals surface area contributed by atoms with Crippen LogP contribution in [0.3, 0.4) is 0 Å². The predicted octanol–water partition coefficient (Wildman–Crippen LogP) is 2.54. The second-order valence-corrected chi connectivity index (χ2v) is 6.05.